The number of halogens is 1. The Kier molecular flexibility index (Phi) is 11.6. The molecule has 10 nitrogen and oxygen atoms in total. The van der Waals surface area contributed by atoms with E-state index in [2.05, 4.69) is 52.0 Å². The van der Waals surface area contributed by atoms with Gasteiger partial charge in [0.2, 0.25) is 0 Å². The van der Waals surface area contributed by atoms with Gasteiger partial charge in [-0.05, 0) is 76.4 Å². The van der Waals surface area contributed by atoms with E-state index in [1.54, 1.807) is 38.5 Å². The molecule has 0 fully saturated rings. The van der Waals surface area contributed by atoms with Crippen LogP contribution >= 0.6 is 11.6 Å². The van der Waals surface area contributed by atoms with E-state index in [0.29, 0.717) is 45.3 Å². The number of carbonyl (C=O) groups is 1. The molecule has 0 bridgehead atoms. The van der Waals surface area contributed by atoms with E-state index in [0.717, 1.165) is 22.3 Å². The molecule has 0 aliphatic carbocycles. The van der Waals surface area contributed by atoms with Gasteiger partial charge in [-0.15, -0.1) is 5.10 Å². The van der Waals surface area contributed by atoms with Crippen LogP contribution in [0.5, 0.6) is 17.2 Å². The number of hydrogen-bond acceptors (Lipinski definition) is 9. The zero-order valence-corrected chi connectivity index (χ0v) is 31.1. The fourth-order valence-corrected chi connectivity index (χ4v) is 6.72. The van der Waals surface area contributed by atoms with Gasteiger partial charge in [0.05, 0.1) is 19.8 Å². The van der Waals surface area contributed by atoms with Crippen LogP contribution in [0.4, 0.5) is 0 Å². The van der Waals surface area contributed by atoms with E-state index in [4.69, 9.17) is 35.4 Å². The van der Waals surface area contributed by atoms with Crippen LogP contribution in [0.3, 0.4) is 0 Å². The van der Waals surface area contributed by atoms with Gasteiger partial charge in [-0.3, -0.25) is 10.1 Å². The van der Waals surface area contributed by atoms with Crippen LogP contribution in [0.2, 0.25) is 5.02 Å². The van der Waals surface area contributed by atoms with E-state index in [9.17, 15) is 4.79 Å². The number of aromatic nitrogens is 3. The molecule has 0 aliphatic heterocycles. The van der Waals surface area contributed by atoms with Crippen molar-refractivity contribution in [3.8, 4) is 17.2 Å². The third-order valence-electron chi connectivity index (χ3n) is 9.30. The molecule has 0 amide bonds. The topological polar surface area (TPSA) is 106 Å². The fourth-order valence-electron chi connectivity index (χ4n) is 6.56. The van der Waals surface area contributed by atoms with Gasteiger partial charge < -0.3 is 23.8 Å². The molecule has 0 saturated carbocycles. The summed E-state index contributed by atoms with van der Waals surface area (Å²) in [5.74, 6) is 1.33. The highest BCUT2D eigenvalue weighted by Crippen LogP contribution is 2.38. The highest BCUT2D eigenvalue weighted by Gasteiger charge is 2.40. The van der Waals surface area contributed by atoms with E-state index >= 15 is 0 Å². The third-order valence-corrected chi connectivity index (χ3v) is 9.54. The highest BCUT2D eigenvalue weighted by atomic mass is 35.5. The largest absolute Gasteiger partial charge is 0.497 e. The smallest absolute Gasteiger partial charge is 0.323 e. The lowest BCUT2D eigenvalue weighted by Crippen LogP contribution is -2.53. The Bertz CT molecular complexity index is 2230. The molecule has 7 aromatic rings. The van der Waals surface area contributed by atoms with Gasteiger partial charge in [-0.2, -0.15) is 0 Å². The van der Waals surface area contributed by atoms with Crippen LogP contribution in [0, 0.1) is 0 Å². The first-order chi connectivity index (χ1) is 27.0. The maximum Gasteiger partial charge on any atom is 0.323 e. The number of methoxy groups -OCH3 is 2. The maximum atomic E-state index is 14.4. The molecule has 1 N–H and O–H groups in total. The minimum atomic E-state index is -0.929. The molecule has 1 aromatic heterocycles. The minimum absolute atomic E-state index is 0.000761. The molecule has 7 rings (SSSR count). The number of carbonyl (C=O) groups excluding carboxylic acids is 1. The number of hydrogen-bond donors (Lipinski definition) is 1. The van der Waals surface area contributed by atoms with E-state index < -0.39 is 17.6 Å². The number of rotatable bonds is 16. The van der Waals surface area contributed by atoms with Crippen molar-refractivity contribution in [3.05, 3.63) is 184 Å². The average molecular weight is 755 g/mol. The predicted molar refractivity (Wildman–Crippen MR) is 210 cm³/mol. The molecule has 278 valence electrons. The Hall–Kier alpha value is -6.36. The van der Waals surface area contributed by atoms with Crippen molar-refractivity contribution in [1.29, 1.82) is 0 Å². The van der Waals surface area contributed by atoms with Gasteiger partial charge in [0.25, 0.3) is 6.79 Å². The Morgan fingerprint density at radius 2 is 1.36 bits per heavy atom. The summed E-state index contributed by atoms with van der Waals surface area (Å²) in [7, 11) is 3.16. The van der Waals surface area contributed by atoms with E-state index in [1.165, 1.54) is 4.85 Å². The monoisotopic (exact) mass is 754 g/mol. The lowest BCUT2D eigenvalue weighted by atomic mass is 9.76. The van der Waals surface area contributed by atoms with Crippen molar-refractivity contribution in [1.82, 2.24) is 20.5 Å². The molecule has 11 heteroatoms. The molecule has 55 heavy (non-hydrogen) atoms. The summed E-state index contributed by atoms with van der Waals surface area (Å²) >= 11 is 6.15. The Balaban J connectivity index is 1.18. The maximum absolute atomic E-state index is 14.4. The Morgan fingerprint density at radius 1 is 0.745 bits per heavy atom. The normalized spacial score (nSPS) is 11.8. The average Bonchev–Trinajstić information content (AvgIpc) is 3.64. The van der Waals surface area contributed by atoms with E-state index in [-0.39, 0.29) is 13.4 Å². The molecule has 1 heterocycles. The van der Waals surface area contributed by atoms with Crippen LogP contribution in [0.15, 0.2) is 152 Å². The van der Waals surface area contributed by atoms with Gasteiger partial charge in [0.1, 0.15) is 40.9 Å². The first-order valence-electron chi connectivity index (χ1n) is 17.6. The molecular formula is C44H39ClN4O6. The van der Waals surface area contributed by atoms with Crippen molar-refractivity contribution in [2.24, 2.45) is 0 Å². The second-order valence-corrected chi connectivity index (χ2v) is 13.1. The van der Waals surface area contributed by atoms with Crippen LogP contribution < -0.4 is 24.4 Å². The van der Waals surface area contributed by atoms with E-state index in [1.807, 2.05) is 91.0 Å². The zero-order valence-electron chi connectivity index (χ0n) is 30.3. The number of nitrogens with one attached hydrogen (secondary N) is 1. The van der Waals surface area contributed by atoms with Gasteiger partial charge in [0.15, 0.2) is 0 Å². The summed E-state index contributed by atoms with van der Waals surface area (Å²) in [5.41, 5.74) is 4.83. The quantitative estimate of drug-likeness (QED) is 0.0601. The van der Waals surface area contributed by atoms with Gasteiger partial charge >= 0.3 is 5.97 Å². The van der Waals surface area contributed by atoms with Crippen LogP contribution in [0.1, 0.15) is 27.8 Å². The predicted octanol–water partition coefficient (Wildman–Crippen LogP) is 7.80. The number of benzene rings is 6. The summed E-state index contributed by atoms with van der Waals surface area (Å²) in [6, 6.07) is 47.7. The number of nitrogens with zero attached hydrogens (tertiary/aromatic N) is 3. The van der Waals surface area contributed by atoms with Gasteiger partial charge in [-0.25, -0.2) is 0 Å². The molecule has 0 radical (unpaired) electrons. The zero-order chi connectivity index (χ0) is 38.0. The standard InChI is InChI=1S/C44H39ClN4O6/c1-51-38-24-20-32(42(28-38)52-2)29-53-43(50)40(26-31-18-22-37(23-19-31)54-30-55-49-41-27-36(45)21-25-39(41)47-48-49)46-44(33-12-6-3-7-13-33,34-14-8-4-9-15-34)35-16-10-5-11-17-35/h3-25,27-28,40,46H,26,29-30H2,1-2H3. The summed E-state index contributed by atoms with van der Waals surface area (Å²) in [5, 5.41) is 12.5. The number of ether oxygens (including phenoxy) is 4. The molecule has 1 unspecified atom stereocenters. The second kappa shape index (κ2) is 17.2. The van der Waals surface area contributed by atoms with Crippen LogP contribution in [-0.4, -0.2) is 48.2 Å². The third kappa shape index (κ3) is 8.41. The highest BCUT2D eigenvalue weighted by molar-refractivity contribution is 6.31. The van der Waals surface area contributed by atoms with Gasteiger partial charge in [0, 0.05) is 16.7 Å². The summed E-state index contributed by atoms with van der Waals surface area (Å²) in [4.78, 5) is 21.4. The molecule has 0 saturated heterocycles. The van der Waals surface area contributed by atoms with Crippen LogP contribution in [0.25, 0.3) is 11.0 Å². The molecule has 1 atom stereocenters. The van der Waals surface area contributed by atoms with Crippen LogP contribution in [-0.2, 0) is 28.1 Å². The number of esters is 1. The van der Waals surface area contributed by atoms with Crippen molar-refractivity contribution in [3.63, 3.8) is 0 Å². The van der Waals surface area contributed by atoms with Crippen molar-refractivity contribution < 1.29 is 28.6 Å². The Labute approximate surface area is 324 Å². The van der Waals surface area contributed by atoms with Crippen molar-refractivity contribution in [2.75, 3.05) is 21.0 Å². The Morgan fingerprint density at radius 3 is 1.96 bits per heavy atom. The first-order valence-corrected chi connectivity index (χ1v) is 18.0. The lowest BCUT2D eigenvalue weighted by molar-refractivity contribution is -0.148. The molecule has 0 spiro atoms. The van der Waals surface area contributed by atoms with Crippen molar-refractivity contribution in [2.45, 2.75) is 24.6 Å². The summed E-state index contributed by atoms with van der Waals surface area (Å²) in [6.07, 6.45) is 0.301. The molecular weight excluding hydrogens is 716 g/mol. The molecule has 0 aliphatic rings. The second-order valence-electron chi connectivity index (χ2n) is 12.7. The SMILES string of the molecule is COc1ccc(COC(=O)C(Cc2ccc(OCOn3nnc4ccc(Cl)cc43)cc2)NC(c2ccccc2)(c2ccccc2)c2ccccc2)c(OC)c1. The molecule has 6 aromatic carbocycles. The summed E-state index contributed by atoms with van der Waals surface area (Å²) < 4.78 is 22.9. The van der Waals surface area contributed by atoms with Crippen molar-refractivity contribution >= 4 is 28.6 Å². The fraction of sp³-hybridized carbons (Fsp3) is 0.159. The number of fused-ring (bicyclic) bond motifs is 1. The first kappa shape index (κ1) is 37.0. The van der Waals surface area contributed by atoms with Gasteiger partial charge in [-0.1, -0.05) is 120 Å². The minimum Gasteiger partial charge on any atom is -0.497 e. The summed E-state index contributed by atoms with van der Waals surface area (Å²) in [6.45, 7) is -0.122. The lowest BCUT2D eigenvalue weighted by Gasteiger charge is -2.39.